The molecule has 7 heteroatoms. The van der Waals surface area contributed by atoms with Crippen LogP contribution in [0, 0.1) is 5.82 Å². The SMILES string of the molecule is CN(Cc1ccccc1F)C(=O)COC(=O)c1cc2ccccc2c(=O)[nH]1. The summed E-state index contributed by atoms with van der Waals surface area (Å²) in [5.41, 5.74) is -0.0927. The predicted octanol–water partition coefficient (Wildman–Crippen LogP) is 2.48. The van der Waals surface area contributed by atoms with E-state index in [-0.39, 0.29) is 12.2 Å². The Labute approximate surface area is 154 Å². The summed E-state index contributed by atoms with van der Waals surface area (Å²) in [7, 11) is 1.49. The Morgan fingerprint density at radius 2 is 1.81 bits per heavy atom. The second kappa shape index (κ2) is 7.82. The number of hydrogen-bond donors (Lipinski definition) is 1. The molecule has 0 aliphatic carbocycles. The van der Waals surface area contributed by atoms with Crippen LogP contribution in [0.25, 0.3) is 10.8 Å². The summed E-state index contributed by atoms with van der Waals surface area (Å²) >= 11 is 0. The zero-order chi connectivity index (χ0) is 19.4. The Morgan fingerprint density at radius 1 is 1.11 bits per heavy atom. The van der Waals surface area contributed by atoms with Crippen molar-refractivity contribution in [3.8, 4) is 0 Å². The Bertz CT molecular complexity index is 1060. The molecule has 0 spiro atoms. The number of rotatable bonds is 5. The molecule has 3 rings (SSSR count). The van der Waals surface area contributed by atoms with Crippen LogP contribution in [0.4, 0.5) is 4.39 Å². The minimum Gasteiger partial charge on any atom is -0.451 e. The third-order valence-electron chi connectivity index (χ3n) is 4.09. The Hall–Kier alpha value is -3.48. The van der Waals surface area contributed by atoms with Crippen molar-refractivity contribution < 1.29 is 18.7 Å². The number of esters is 1. The highest BCUT2D eigenvalue weighted by Gasteiger charge is 2.16. The van der Waals surface area contributed by atoms with Crippen LogP contribution in [0.5, 0.6) is 0 Å². The number of nitrogens with one attached hydrogen (secondary N) is 1. The summed E-state index contributed by atoms with van der Waals surface area (Å²) in [6.07, 6.45) is 0. The van der Waals surface area contributed by atoms with Gasteiger partial charge in [-0.05, 0) is 23.6 Å². The van der Waals surface area contributed by atoms with Crippen LogP contribution in [0.3, 0.4) is 0 Å². The highest BCUT2D eigenvalue weighted by Crippen LogP contribution is 2.11. The van der Waals surface area contributed by atoms with Gasteiger partial charge in [-0.15, -0.1) is 0 Å². The minimum atomic E-state index is -0.814. The molecular weight excluding hydrogens is 351 g/mol. The summed E-state index contributed by atoms with van der Waals surface area (Å²) in [5, 5.41) is 1.05. The molecule has 138 valence electrons. The number of carbonyl (C=O) groups is 2. The molecule has 1 N–H and O–H groups in total. The van der Waals surface area contributed by atoms with E-state index in [4.69, 9.17) is 4.74 Å². The molecule has 0 bridgehead atoms. The van der Waals surface area contributed by atoms with Crippen molar-refractivity contribution in [3.63, 3.8) is 0 Å². The molecule has 0 unspecified atom stereocenters. The fourth-order valence-corrected chi connectivity index (χ4v) is 2.61. The monoisotopic (exact) mass is 368 g/mol. The van der Waals surface area contributed by atoms with Crippen molar-refractivity contribution in [1.82, 2.24) is 9.88 Å². The second-order valence-corrected chi connectivity index (χ2v) is 6.02. The first-order valence-corrected chi connectivity index (χ1v) is 8.22. The van der Waals surface area contributed by atoms with E-state index in [2.05, 4.69) is 4.98 Å². The summed E-state index contributed by atoms with van der Waals surface area (Å²) in [6, 6.07) is 14.4. The molecule has 1 aromatic heterocycles. The number of halogens is 1. The van der Waals surface area contributed by atoms with E-state index in [0.29, 0.717) is 16.3 Å². The van der Waals surface area contributed by atoms with E-state index in [1.54, 1.807) is 42.5 Å². The number of hydrogen-bond acceptors (Lipinski definition) is 4. The van der Waals surface area contributed by atoms with Gasteiger partial charge in [0, 0.05) is 24.5 Å². The summed E-state index contributed by atoms with van der Waals surface area (Å²) in [4.78, 5) is 40.0. The number of pyridine rings is 1. The number of likely N-dealkylation sites (N-methyl/N-ethyl adjacent to an activating group) is 1. The van der Waals surface area contributed by atoms with Gasteiger partial charge < -0.3 is 14.6 Å². The third kappa shape index (κ3) is 4.20. The third-order valence-corrected chi connectivity index (χ3v) is 4.09. The molecular formula is C20H17FN2O4. The van der Waals surface area contributed by atoms with Gasteiger partial charge in [0.05, 0.1) is 0 Å². The lowest BCUT2D eigenvalue weighted by molar-refractivity contribution is -0.133. The van der Waals surface area contributed by atoms with E-state index >= 15 is 0 Å². The molecule has 1 amide bonds. The number of amides is 1. The van der Waals surface area contributed by atoms with Crippen molar-refractivity contribution in [3.05, 3.63) is 82.0 Å². The lowest BCUT2D eigenvalue weighted by Crippen LogP contribution is -2.31. The number of nitrogens with zero attached hydrogens (tertiary/aromatic N) is 1. The molecule has 0 radical (unpaired) electrons. The molecule has 0 aliphatic heterocycles. The van der Waals surface area contributed by atoms with Gasteiger partial charge in [0.2, 0.25) is 0 Å². The van der Waals surface area contributed by atoms with Gasteiger partial charge in [0.15, 0.2) is 6.61 Å². The summed E-state index contributed by atoms with van der Waals surface area (Å²) in [5.74, 6) is -1.72. The van der Waals surface area contributed by atoms with Crippen molar-refractivity contribution in [2.24, 2.45) is 0 Å². The summed E-state index contributed by atoms with van der Waals surface area (Å²) < 4.78 is 18.6. The largest absolute Gasteiger partial charge is 0.451 e. The lowest BCUT2D eigenvalue weighted by atomic mass is 10.1. The standard InChI is InChI=1S/C20H17FN2O4/c1-23(11-14-7-3-5-9-16(14)21)18(24)12-27-20(26)17-10-13-6-2-4-8-15(13)19(25)22-17/h2-10H,11-12H2,1H3,(H,22,25). The number of ether oxygens (including phenoxy) is 1. The first kappa shape index (κ1) is 18.3. The van der Waals surface area contributed by atoms with Crippen LogP contribution >= 0.6 is 0 Å². The van der Waals surface area contributed by atoms with Gasteiger partial charge in [-0.2, -0.15) is 0 Å². The van der Waals surface area contributed by atoms with Gasteiger partial charge in [-0.25, -0.2) is 9.18 Å². The van der Waals surface area contributed by atoms with Crippen molar-refractivity contribution in [2.45, 2.75) is 6.54 Å². The number of carbonyl (C=O) groups excluding carboxylic acids is 2. The van der Waals surface area contributed by atoms with Crippen molar-refractivity contribution in [2.75, 3.05) is 13.7 Å². The topological polar surface area (TPSA) is 79.5 Å². The highest BCUT2D eigenvalue weighted by atomic mass is 19.1. The molecule has 0 fully saturated rings. The van der Waals surface area contributed by atoms with Gasteiger partial charge in [-0.3, -0.25) is 9.59 Å². The van der Waals surface area contributed by atoms with Crippen LogP contribution in [-0.2, 0) is 16.1 Å². The number of aromatic amines is 1. The molecule has 0 saturated heterocycles. The van der Waals surface area contributed by atoms with Gasteiger partial charge in [0.1, 0.15) is 11.5 Å². The van der Waals surface area contributed by atoms with Gasteiger partial charge in [0.25, 0.3) is 11.5 Å². The van der Waals surface area contributed by atoms with E-state index in [0.717, 1.165) is 0 Å². The van der Waals surface area contributed by atoms with Crippen LogP contribution in [0.2, 0.25) is 0 Å². The fraction of sp³-hybridized carbons (Fsp3) is 0.150. The molecule has 6 nitrogen and oxygen atoms in total. The number of fused-ring (bicyclic) bond motifs is 1. The first-order valence-electron chi connectivity index (χ1n) is 8.22. The average Bonchev–Trinajstić information content (AvgIpc) is 2.67. The number of aromatic nitrogens is 1. The van der Waals surface area contributed by atoms with E-state index in [9.17, 15) is 18.8 Å². The van der Waals surface area contributed by atoms with E-state index in [1.807, 2.05) is 0 Å². The average molecular weight is 368 g/mol. The van der Waals surface area contributed by atoms with E-state index in [1.165, 1.54) is 24.1 Å². The number of H-pyrrole nitrogens is 1. The van der Waals surface area contributed by atoms with Gasteiger partial charge in [-0.1, -0.05) is 36.4 Å². The second-order valence-electron chi connectivity index (χ2n) is 6.02. The number of benzene rings is 2. The van der Waals surface area contributed by atoms with E-state index < -0.39 is 29.9 Å². The lowest BCUT2D eigenvalue weighted by Gasteiger charge is -2.17. The maximum absolute atomic E-state index is 13.7. The quantitative estimate of drug-likeness (QED) is 0.702. The molecule has 0 saturated carbocycles. The molecule has 3 aromatic rings. The zero-order valence-electron chi connectivity index (χ0n) is 14.6. The Kier molecular flexibility index (Phi) is 5.30. The molecule has 0 aliphatic rings. The van der Waals surface area contributed by atoms with Crippen LogP contribution in [-0.4, -0.2) is 35.4 Å². The zero-order valence-corrected chi connectivity index (χ0v) is 14.6. The Morgan fingerprint density at radius 3 is 2.59 bits per heavy atom. The first-order chi connectivity index (χ1) is 13.0. The van der Waals surface area contributed by atoms with Crippen LogP contribution in [0.1, 0.15) is 16.1 Å². The van der Waals surface area contributed by atoms with Crippen molar-refractivity contribution in [1.29, 1.82) is 0 Å². The highest BCUT2D eigenvalue weighted by molar-refractivity contribution is 5.94. The summed E-state index contributed by atoms with van der Waals surface area (Å²) in [6.45, 7) is -0.464. The van der Waals surface area contributed by atoms with Gasteiger partial charge >= 0.3 is 5.97 Å². The normalized spacial score (nSPS) is 10.6. The molecule has 27 heavy (non-hydrogen) atoms. The molecule has 0 atom stereocenters. The fourth-order valence-electron chi connectivity index (χ4n) is 2.61. The minimum absolute atomic E-state index is 0.0387. The maximum atomic E-state index is 13.7. The predicted molar refractivity (Wildman–Crippen MR) is 97.7 cm³/mol. The smallest absolute Gasteiger partial charge is 0.355 e. The molecule has 2 aromatic carbocycles. The van der Waals surface area contributed by atoms with Crippen LogP contribution in [0.15, 0.2) is 59.4 Å². The molecule has 1 heterocycles. The van der Waals surface area contributed by atoms with Crippen molar-refractivity contribution >= 4 is 22.6 Å². The van der Waals surface area contributed by atoms with Crippen LogP contribution < -0.4 is 5.56 Å². The Balaban J connectivity index is 1.64. The maximum Gasteiger partial charge on any atom is 0.355 e.